The molecule has 0 aromatic heterocycles. The lowest BCUT2D eigenvalue weighted by Gasteiger charge is -2.13. The number of hydrogen-bond donors (Lipinski definition) is 7. The van der Waals surface area contributed by atoms with Crippen molar-refractivity contribution < 1.29 is 19.2 Å². The Kier molecular flexibility index (Phi) is 38.7. The van der Waals surface area contributed by atoms with Crippen LogP contribution in [0.4, 0.5) is 0 Å². The zero-order valence-corrected chi connectivity index (χ0v) is 35.2. The molecule has 318 valence electrons. The molecular weight excluding hydrogens is 679 g/mol. The van der Waals surface area contributed by atoms with Crippen molar-refractivity contribution in [1.82, 2.24) is 26.6 Å². The maximum atomic E-state index is 12.3. The van der Waals surface area contributed by atoms with E-state index in [1.807, 2.05) is 0 Å². The predicted octanol–water partition coefficient (Wildman–Crippen LogP) is 7.05. The molecule has 0 bridgehead atoms. The molecule has 0 radical (unpaired) electrons. The van der Waals surface area contributed by atoms with Crippen molar-refractivity contribution in [3.63, 3.8) is 0 Å². The van der Waals surface area contributed by atoms with Crippen LogP contribution in [0.5, 0.6) is 0 Å². The third-order valence-electron chi connectivity index (χ3n) is 10.1. The summed E-state index contributed by atoms with van der Waals surface area (Å²) < 4.78 is 0. The first kappa shape index (κ1) is 51.8. The molecule has 0 aromatic carbocycles. The first-order valence-corrected chi connectivity index (χ1v) is 22.6. The van der Waals surface area contributed by atoms with Gasteiger partial charge >= 0.3 is 0 Å². The standard InChI is InChI=1S/C43H87N7O4/c1-3-5-7-9-11-13-15-17-19-30-40(51)47-34-23-21-28-38(44)42(53)49-36-26-25-32-46-33-27-37-50-43(54)39(45)29-22-24-35-48-41(52)31-20-18-16-14-12-10-8-6-4-2/h38-39,46H,3-37,44-45H2,1-2H3,(H,47,51)(H,48,52)(H,49,53)(H,50,54)/t38-,39-/m0/s1. The fraction of sp³-hybridized carbons (Fsp3) is 0.907. The smallest absolute Gasteiger partial charge is 0.236 e. The molecule has 9 N–H and O–H groups in total. The van der Waals surface area contributed by atoms with Crippen LogP contribution in [0, 0.1) is 0 Å². The van der Waals surface area contributed by atoms with Crippen LogP contribution in [0.2, 0.25) is 0 Å². The SMILES string of the molecule is CCCCCCCCCCCC(=O)NCCCC[C@H](N)C(=O)NCCCCNCCCNC(=O)[C@@H](N)CCCCNC(=O)CCCCCCCCCCC. The van der Waals surface area contributed by atoms with E-state index in [2.05, 4.69) is 40.4 Å². The Morgan fingerprint density at radius 2 is 0.685 bits per heavy atom. The van der Waals surface area contributed by atoms with Gasteiger partial charge in [0.25, 0.3) is 0 Å². The van der Waals surface area contributed by atoms with Gasteiger partial charge in [-0.1, -0.05) is 117 Å². The first-order chi connectivity index (χ1) is 26.3. The molecule has 0 heterocycles. The van der Waals surface area contributed by atoms with E-state index < -0.39 is 12.1 Å². The summed E-state index contributed by atoms with van der Waals surface area (Å²) in [6, 6.07) is -1.04. The molecule has 2 atom stereocenters. The number of hydrogen-bond acceptors (Lipinski definition) is 7. The Bertz CT molecular complexity index is 822. The van der Waals surface area contributed by atoms with Crippen LogP contribution >= 0.6 is 0 Å². The summed E-state index contributed by atoms with van der Waals surface area (Å²) >= 11 is 0. The molecule has 4 amide bonds. The molecule has 0 saturated heterocycles. The number of carbonyl (C=O) groups is 4. The van der Waals surface area contributed by atoms with Crippen LogP contribution < -0.4 is 38.1 Å². The van der Waals surface area contributed by atoms with E-state index in [9.17, 15) is 19.2 Å². The molecule has 11 nitrogen and oxygen atoms in total. The minimum Gasteiger partial charge on any atom is -0.356 e. The fourth-order valence-corrected chi connectivity index (χ4v) is 6.46. The lowest BCUT2D eigenvalue weighted by Crippen LogP contribution is -2.41. The van der Waals surface area contributed by atoms with E-state index >= 15 is 0 Å². The number of amides is 4. The molecule has 11 heteroatoms. The average molecular weight is 766 g/mol. The Balaban J connectivity index is 3.54. The Labute approximate surface area is 331 Å². The predicted molar refractivity (Wildman–Crippen MR) is 226 cm³/mol. The Morgan fingerprint density at radius 3 is 1.11 bits per heavy atom. The number of carbonyl (C=O) groups excluding carboxylic acids is 4. The maximum Gasteiger partial charge on any atom is 0.236 e. The summed E-state index contributed by atoms with van der Waals surface area (Å²) in [5, 5.41) is 15.2. The lowest BCUT2D eigenvalue weighted by molar-refractivity contribution is -0.123. The second kappa shape index (κ2) is 40.4. The van der Waals surface area contributed by atoms with E-state index in [0.717, 1.165) is 83.7 Å². The quantitative estimate of drug-likeness (QED) is 0.0326. The second-order valence-corrected chi connectivity index (χ2v) is 15.5. The average Bonchev–Trinajstić information content (AvgIpc) is 3.16. The minimum atomic E-state index is -0.522. The van der Waals surface area contributed by atoms with Crippen LogP contribution in [0.1, 0.15) is 200 Å². The van der Waals surface area contributed by atoms with Gasteiger partial charge < -0.3 is 38.1 Å². The van der Waals surface area contributed by atoms with E-state index in [1.54, 1.807) is 0 Å². The highest BCUT2D eigenvalue weighted by molar-refractivity contribution is 5.81. The van der Waals surface area contributed by atoms with Crippen molar-refractivity contribution in [1.29, 1.82) is 0 Å². The zero-order valence-electron chi connectivity index (χ0n) is 35.2. The van der Waals surface area contributed by atoms with E-state index in [-0.39, 0.29) is 23.6 Å². The number of unbranched alkanes of at least 4 members (excludes halogenated alkanes) is 19. The van der Waals surface area contributed by atoms with Crippen molar-refractivity contribution in [2.45, 2.75) is 212 Å². The molecule has 0 rings (SSSR count). The molecule has 0 aliphatic rings. The van der Waals surface area contributed by atoms with Gasteiger partial charge in [-0.15, -0.1) is 0 Å². The Morgan fingerprint density at radius 1 is 0.370 bits per heavy atom. The highest BCUT2D eigenvalue weighted by Gasteiger charge is 2.13. The third-order valence-corrected chi connectivity index (χ3v) is 10.1. The largest absolute Gasteiger partial charge is 0.356 e. The van der Waals surface area contributed by atoms with Crippen LogP contribution in [0.25, 0.3) is 0 Å². The zero-order chi connectivity index (χ0) is 39.7. The molecule has 0 spiro atoms. The first-order valence-electron chi connectivity index (χ1n) is 22.6. The van der Waals surface area contributed by atoms with Crippen molar-refractivity contribution in [2.75, 3.05) is 39.3 Å². The maximum absolute atomic E-state index is 12.3. The summed E-state index contributed by atoms with van der Waals surface area (Å²) in [6.45, 7) is 8.57. The number of nitrogens with two attached hydrogens (primary N) is 2. The third kappa shape index (κ3) is 36.7. The molecule has 0 aliphatic heterocycles. The van der Waals surface area contributed by atoms with Gasteiger partial charge in [0.15, 0.2) is 0 Å². The van der Waals surface area contributed by atoms with Crippen molar-refractivity contribution in [3.05, 3.63) is 0 Å². The van der Waals surface area contributed by atoms with Gasteiger partial charge in [0.1, 0.15) is 0 Å². The van der Waals surface area contributed by atoms with Gasteiger partial charge in [-0.2, -0.15) is 0 Å². The van der Waals surface area contributed by atoms with Gasteiger partial charge in [-0.05, 0) is 83.7 Å². The van der Waals surface area contributed by atoms with Crippen molar-refractivity contribution >= 4 is 23.6 Å². The van der Waals surface area contributed by atoms with Gasteiger partial charge in [0.05, 0.1) is 12.1 Å². The highest BCUT2D eigenvalue weighted by Crippen LogP contribution is 2.12. The number of nitrogens with one attached hydrogen (secondary N) is 5. The Hall–Kier alpha value is -2.24. The summed E-state index contributed by atoms with van der Waals surface area (Å²) in [5.41, 5.74) is 12.1. The van der Waals surface area contributed by atoms with Gasteiger partial charge in [-0.25, -0.2) is 0 Å². The van der Waals surface area contributed by atoms with Crippen LogP contribution in [-0.2, 0) is 19.2 Å². The molecular formula is C43H87N7O4. The summed E-state index contributed by atoms with van der Waals surface area (Å²) in [5.74, 6) is 0.0189. The van der Waals surface area contributed by atoms with Gasteiger partial charge in [0, 0.05) is 39.0 Å². The molecule has 0 unspecified atom stereocenters. The lowest BCUT2D eigenvalue weighted by atomic mass is 10.1. The summed E-state index contributed by atoms with van der Waals surface area (Å²) in [6.07, 6.45) is 30.8. The van der Waals surface area contributed by atoms with Crippen molar-refractivity contribution in [2.24, 2.45) is 11.5 Å². The summed E-state index contributed by atoms with van der Waals surface area (Å²) in [7, 11) is 0. The molecule has 54 heavy (non-hydrogen) atoms. The monoisotopic (exact) mass is 766 g/mol. The molecule has 0 saturated carbocycles. The topological polar surface area (TPSA) is 180 Å². The van der Waals surface area contributed by atoms with Crippen LogP contribution in [-0.4, -0.2) is 75.0 Å². The van der Waals surface area contributed by atoms with Crippen LogP contribution in [0.15, 0.2) is 0 Å². The molecule has 0 aromatic rings. The minimum absolute atomic E-state index is 0.113. The highest BCUT2D eigenvalue weighted by atomic mass is 16.2. The number of rotatable bonds is 41. The second-order valence-electron chi connectivity index (χ2n) is 15.5. The van der Waals surface area contributed by atoms with E-state index in [4.69, 9.17) is 11.5 Å². The van der Waals surface area contributed by atoms with E-state index in [0.29, 0.717) is 51.9 Å². The fourth-order valence-electron chi connectivity index (χ4n) is 6.46. The van der Waals surface area contributed by atoms with E-state index in [1.165, 1.54) is 89.9 Å². The van der Waals surface area contributed by atoms with Crippen LogP contribution in [0.3, 0.4) is 0 Å². The molecule has 0 fully saturated rings. The normalized spacial score (nSPS) is 12.3. The summed E-state index contributed by atoms with van der Waals surface area (Å²) in [4.78, 5) is 48.7. The van der Waals surface area contributed by atoms with Crippen molar-refractivity contribution in [3.8, 4) is 0 Å². The van der Waals surface area contributed by atoms with Gasteiger partial charge in [0.2, 0.25) is 23.6 Å². The van der Waals surface area contributed by atoms with Gasteiger partial charge in [-0.3, -0.25) is 19.2 Å². The molecule has 0 aliphatic carbocycles.